The standard InChI is InChI=1S/C18H20BClO3/c1-18(2)12-22-19(23-13-18)16-9-8-15(10-17(16)20)21-11-14-6-4-3-5-7-14/h3-10H,11-13H2,1-2H3. The molecule has 3 nitrogen and oxygen atoms in total. The van der Waals surface area contributed by atoms with Crippen LogP contribution in [0.5, 0.6) is 5.75 Å². The molecule has 1 saturated heterocycles. The lowest BCUT2D eigenvalue weighted by Gasteiger charge is -2.33. The Bertz CT molecular complexity index is 651. The molecule has 0 aromatic heterocycles. The minimum absolute atomic E-state index is 0.0434. The predicted octanol–water partition coefficient (Wildman–Crippen LogP) is 3.69. The molecule has 0 saturated carbocycles. The lowest BCUT2D eigenvalue weighted by Crippen LogP contribution is -2.47. The molecule has 120 valence electrons. The second-order valence-electron chi connectivity index (χ2n) is 6.58. The number of ether oxygens (including phenoxy) is 1. The van der Waals surface area contributed by atoms with Crippen molar-refractivity contribution in [2.24, 2.45) is 5.41 Å². The van der Waals surface area contributed by atoms with Crippen molar-refractivity contribution in [3.05, 3.63) is 59.1 Å². The number of halogens is 1. The smallest absolute Gasteiger partial charge is 0.489 e. The maximum absolute atomic E-state index is 6.38. The largest absolute Gasteiger partial charge is 0.495 e. The van der Waals surface area contributed by atoms with Gasteiger partial charge in [0.1, 0.15) is 12.4 Å². The van der Waals surface area contributed by atoms with Crippen LogP contribution in [-0.4, -0.2) is 20.3 Å². The van der Waals surface area contributed by atoms with Crippen molar-refractivity contribution in [1.29, 1.82) is 0 Å². The molecule has 5 heteroatoms. The topological polar surface area (TPSA) is 27.7 Å². The summed E-state index contributed by atoms with van der Waals surface area (Å²) in [7, 11) is -0.404. The van der Waals surface area contributed by atoms with E-state index in [0.717, 1.165) is 16.8 Å². The highest BCUT2D eigenvalue weighted by atomic mass is 35.5. The summed E-state index contributed by atoms with van der Waals surface area (Å²) in [6.07, 6.45) is 0. The summed E-state index contributed by atoms with van der Waals surface area (Å²) >= 11 is 6.38. The Morgan fingerprint density at radius 3 is 2.43 bits per heavy atom. The molecule has 1 aliphatic heterocycles. The number of hydrogen-bond donors (Lipinski definition) is 0. The Kier molecular flexibility index (Phi) is 4.95. The average Bonchev–Trinajstić information content (AvgIpc) is 2.55. The molecular weight excluding hydrogens is 310 g/mol. The van der Waals surface area contributed by atoms with Crippen molar-refractivity contribution in [3.63, 3.8) is 0 Å². The van der Waals surface area contributed by atoms with Crippen LogP contribution >= 0.6 is 11.6 Å². The fourth-order valence-electron chi connectivity index (χ4n) is 2.40. The van der Waals surface area contributed by atoms with Crippen molar-refractivity contribution in [2.75, 3.05) is 13.2 Å². The van der Waals surface area contributed by atoms with Crippen molar-refractivity contribution < 1.29 is 14.0 Å². The fourth-order valence-corrected chi connectivity index (χ4v) is 2.66. The third kappa shape index (κ3) is 4.28. The SMILES string of the molecule is CC1(C)COB(c2ccc(OCc3ccccc3)cc2Cl)OC1. The normalized spacial score (nSPS) is 17.1. The molecule has 0 amide bonds. The molecule has 0 radical (unpaired) electrons. The second-order valence-corrected chi connectivity index (χ2v) is 6.98. The Morgan fingerprint density at radius 2 is 1.78 bits per heavy atom. The Balaban J connectivity index is 1.64. The fraction of sp³-hybridized carbons (Fsp3) is 0.333. The summed E-state index contributed by atoms with van der Waals surface area (Å²) in [6, 6.07) is 15.7. The summed E-state index contributed by atoms with van der Waals surface area (Å²) in [5.41, 5.74) is 2.00. The maximum atomic E-state index is 6.38. The van der Waals surface area contributed by atoms with Crippen molar-refractivity contribution in [2.45, 2.75) is 20.5 Å². The summed E-state index contributed by atoms with van der Waals surface area (Å²) in [6.45, 7) is 6.05. The first-order valence-electron chi connectivity index (χ1n) is 7.73. The van der Waals surface area contributed by atoms with Gasteiger partial charge >= 0.3 is 7.12 Å². The van der Waals surface area contributed by atoms with Crippen LogP contribution in [0.2, 0.25) is 5.02 Å². The zero-order valence-corrected chi connectivity index (χ0v) is 14.2. The third-order valence-corrected chi connectivity index (χ3v) is 4.05. The van der Waals surface area contributed by atoms with Crippen LogP contribution in [0.1, 0.15) is 19.4 Å². The van der Waals surface area contributed by atoms with E-state index >= 15 is 0 Å². The molecule has 0 atom stereocenters. The molecule has 23 heavy (non-hydrogen) atoms. The average molecular weight is 331 g/mol. The Hall–Kier alpha value is -1.49. The molecule has 1 aliphatic rings. The van der Waals surface area contributed by atoms with Gasteiger partial charge in [-0.2, -0.15) is 0 Å². The van der Waals surface area contributed by atoms with Gasteiger partial charge in [-0.25, -0.2) is 0 Å². The van der Waals surface area contributed by atoms with Gasteiger partial charge in [0.2, 0.25) is 0 Å². The minimum atomic E-state index is -0.404. The molecule has 0 aliphatic carbocycles. The van der Waals surface area contributed by atoms with Gasteiger partial charge in [-0.05, 0) is 17.7 Å². The highest BCUT2D eigenvalue weighted by molar-refractivity contribution is 6.65. The van der Waals surface area contributed by atoms with Crippen molar-refractivity contribution in [3.8, 4) is 5.75 Å². The first-order chi connectivity index (χ1) is 11.0. The number of rotatable bonds is 4. The van der Waals surface area contributed by atoms with Gasteiger partial charge < -0.3 is 14.0 Å². The van der Waals surface area contributed by atoms with E-state index < -0.39 is 7.12 Å². The van der Waals surface area contributed by atoms with Crippen molar-refractivity contribution in [1.82, 2.24) is 0 Å². The van der Waals surface area contributed by atoms with E-state index in [9.17, 15) is 0 Å². The van der Waals surface area contributed by atoms with Gasteiger partial charge in [0.25, 0.3) is 0 Å². The maximum Gasteiger partial charge on any atom is 0.495 e. The quantitative estimate of drug-likeness (QED) is 0.800. The number of benzene rings is 2. The molecule has 0 bridgehead atoms. The Labute approximate surface area is 142 Å². The van der Waals surface area contributed by atoms with Gasteiger partial charge in [0, 0.05) is 29.1 Å². The summed E-state index contributed by atoms with van der Waals surface area (Å²) in [5, 5.41) is 0.597. The van der Waals surface area contributed by atoms with Crippen LogP contribution in [0.15, 0.2) is 48.5 Å². The van der Waals surface area contributed by atoms with Gasteiger partial charge in [-0.3, -0.25) is 0 Å². The predicted molar refractivity (Wildman–Crippen MR) is 93.3 cm³/mol. The van der Waals surface area contributed by atoms with Gasteiger partial charge in [0.05, 0.1) is 0 Å². The molecule has 1 fully saturated rings. The monoisotopic (exact) mass is 330 g/mol. The van der Waals surface area contributed by atoms with E-state index in [2.05, 4.69) is 13.8 Å². The van der Waals surface area contributed by atoms with Gasteiger partial charge in [-0.15, -0.1) is 0 Å². The van der Waals surface area contributed by atoms with E-state index in [-0.39, 0.29) is 5.41 Å². The summed E-state index contributed by atoms with van der Waals surface area (Å²) in [4.78, 5) is 0. The van der Waals surface area contributed by atoms with Gasteiger partial charge in [0.15, 0.2) is 0 Å². The zero-order valence-electron chi connectivity index (χ0n) is 13.4. The summed E-state index contributed by atoms with van der Waals surface area (Å²) < 4.78 is 17.3. The molecule has 2 aromatic rings. The lowest BCUT2D eigenvalue weighted by atomic mass is 9.76. The third-order valence-electron chi connectivity index (χ3n) is 3.73. The molecule has 1 heterocycles. The molecular formula is C18H20BClO3. The van der Waals surface area contributed by atoms with E-state index in [1.54, 1.807) is 0 Å². The molecule has 2 aromatic carbocycles. The highest BCUT2D eigenvalue weighted by Crippen LogP contribution is 2.24. The Morgan fingerprint density at radius 1 is 1.09 bits per heavy atom. The van der Waals surface area contributed by atoms with Crippen LogP contribution in [0.3, 0.4) is 0 Å². The van der Waals surface area contributed by atoms with Crippen LogP contribution in [0, 0.1) is 5.41 Å². The minimum Gasteiger partial charge on any atom is -0.489 e. The van der Waals surface area contributed by atoms with E-state index in [1.165, 1.54) is 0 Å². The van der Waals surface area contributed by atoms with Crippen LogP contribution in [0.25, 0.3) is 0 Å². The van der Waals surface area contributed by atoms with Gasteiger partial charge in [-0.1, -0.05) is 61.8 Å². The molecule has 3 rings (SSSR count). The molecule has 0 unspecified atom stereocenters. The van der Waals surface area contributed by atoms with Crippen LogP contribution in [-0.2, 0) is 15.9 Å². The molecule has 0 N–H and O–H groups in total. The van der Waals surface area contributed by atoms with Crippen LogP contribution in [0.4, 0.5) is 0 Å². The van der Waals surface area contributed by atoms with Crippen molar-refractivity contribution >= 4 is 24.2 Å². The lowest BCUT2D eigenvalue weighted by molar-refractivity contribution is 0.0343. The highest BCUT2D eigenvalue weighted by Gasteiger charge is 2.34. The van der Waals surface area contributed by atoms with E-state index in [1.807, 2.05) is 48.5 Å². The second kappa shape index (κ2) is 6.96. The summed E-state index contributed by atoms with van der Waals surface area (Å²) in [5.74, 6) is 0.735. The first-order valence-corrected chi connectivity index (χ1v) is 8.11. The molecule has 0 spiro atoms. The van der Waals surface area contributed by atoms with E-state index in [0.29, 0.717) is 24.8 Å². The van der Waals surface area contributed by atoms with E-state index in [4.69, 9.17) is 25.6 Å². The zero-order chi connectivity index (χ0) is 16.3. The number of hydrogen-bond acceptors (Lipinski definition) is 3. The van der Waals surface area contributed by atoms with Crippen LogP contribution < -0.4 is 10.2 Å². The first kappa shape index (κ1) is 16.4.